The number of phenols is 1. The molecule has 1 aromatic heterocycles. The van der Waals surface area contributed by atoms with Gasteiger partial charge in [0, 0.05) is 16.7 Å². The number of aromatic hydroxyl groups is 1. The third kappa shape index (κ3) is 2.93. The summed E-state index contributed by atoms with van der Waals surface area (Å²) >= 11 is 0. The predicted molar refractivity (Wildman–Crippen MR) is 102 cm³/mol. The SMILES string of the molecule is O=C(NN=Cc1ccccc1O)c1cc(C23CC4CC(CC(C4)C2)C3)[nH]n1. The number of carbonyl (C=O) groups is 1. The number of amides is 1. The van der Waals surface area contributed by atoms with Crippen molar-refractivity contribution in [3.05, 3.63) is 47.3 Å². The van der Waals surface area contributed by atoms with Crippen molar-refractivity contribution in [2.75, 3.05) is 0 Å². The minimum absolute atomic E-state index is 0.124. The van der Waals surface area contributed by atoms with Gasteiger partial charge in [-0.15, -0.1) is 0 Å². The fourth-order valence-corrected chi connectivity index (χ4v) is 5.96. The van der Waals surface area contributed by atoms with Gasteiger partial charge in [-0.05, 0) is 74.5 Å². The molecule has 1 amide bonds. The maximum atomic E-state index is 12.4. The Morgan fingerprint density at radius 2 is 1.85 bits per heavy atom. The molecule has 0 atom stereocenters. The number of H-pyrrole nitrogens is 1. The van der Waals surface area contributed by atoms with Crippen LogP contribution in [0, 0.1) is 17.8 Å². The number of aromatic amines is 1. The van der Waals surface area contributed by atoms with Gasteiger partial charge in [-0.3, -0.25) is 9.89 Å². The zero-order valence-electron chi connectivity index (χ0n) is 15.2. The lowest BCUT2D eigenvalue weighted by Crippen LogP contribution is -2.48. The number of hydrogen-bond acceptors (Lipinski definition) is 4. The summed E-state index contributed by atoms with van der Waals surface area (Å²) in [4.78, 5) is 12.4. The van der Waals surface area contributed by atoms with Crippen molar-refractivity contribution in [3.63, 3.8) is 0 Å². The number of nitrogens with zero attached hydrogens (tertiary/aromatic N) is 2. The molecule has 1 heterocycles. The van der Waals surface area contributed by atoms with E-state index in [0.29, 0.717) is 11.3 Å². The zero-order chi connectivity index (χ0) is 18.4. The lowest BCUT2D eigenvalue weighted by atomic mass is 9.49. The summed E-state index contributed by atoms with van der Waals surface area (Å²) < 4.78 is 0. The van der Waals surface area contributed by atoms with E-state index in [2.05, 4.69) is 20.7 Å². The summed E-state index contributed by atoms with van der Waals surface area (Å²) in [5.74, 6) is 2.33. The van der Waals surface area contributed by atoms with E-state index >= 15 is 0 Å². The maximum absolute atomic E-state index is 12.4. The molecule has 6 nitrogen and oxygen atoms in total. The van der Waals surface area contributed by atoms with Crippen molar-refractivity contribution in [3.8, 4) is 5.75 Å². The molecule has 0 unspecified atom stereocenters. The first-order chi connectivity index (χ1) is 13.1. The van der Waals surface area contributed by atoms with E-state index in [0.717, 1.165) is 23.4 Å². The molecular weight excluding hydrogens is 340 g/mol. The highest BCUT2D eigenvalue weighted by Gasteiger charge is 2.52. The Kier molecular flexibility index (Phi) is 3.81. The molecule has 4 aliphatic carbocycles. The second-order valence-corrected chi connectivity index (χ2v) is 8.62. The molecular formula is C21H24N4O2. The molecule has 2 aromatic rings. The van der Waals surface area contributed by atoms with Gasteiger partial charge >= 0.3 is 0 Å². The molecule has 6 heteroatoms. The fourth-order valence-electron chi connectivity index (χ4n) is 5.96. The normalized spacial score (nSPS) is 31.5. The monoisotopic (exact) mass is 364 g/mol. The van der Waals surface area contributed by atoms with Gasteiger partial charge in [-0.1, -0.05) is 12.1 Å². The van der Waals surface area contributed by atoms with Crippen LogP contribution in [0.15, 0.2) is 35.4 Å². The Labute approximate surface area is 158 Å². The number of rotatable bonds is 4. The second kappa shape index (κ2) is 6.22. The largest absolute Gasteiger partial charge is 0.507 e. The summed E-state index contributed by atoms with van der Waals surface area (Å²) in [6.45, 7) is 0. The first-order valence-corrected chi connectivity index (χ1v) is 9.79. The summed E-state index contributed by atoms with van der Waals surface area (Å²) in [7, 11) is 0. The van der Waals surface area contributed by atoms with Gasteiger partial charge < -0.3 is 5.11 Å². The van der Waals surface area contributed by atoms with Gasteiger partial charge in [0.1, 0.15) is 5.75 Å². The van der Waals surface area contributed by atoms with Crippen molar-refractivity contribution < 1.29 is 9.90 Å². The summed E-state index contributed by atoms with van der Waals surface area (Å²) in [5.41, 5.74) is 4.73. The van der Waals surface area contributed by atoms with Crippen LogP contribution in [0.1, 0.15) is 60.3 Å². The Bertz CT molecular complexity index is 866. The Morgan fingerprint density at radius 3 is 2.52 bits per heavy atom. The van der Waals surface area contributed by atoms with Crippen LogP contribution in [0.4, 0.5) is 0 Å². The zero-order valence-corrected chi connectivity index (χ0v) is 15.2. The van der Waals surface area contributed by atoms with E-state index in [9.17, 15) is 9.90 Å². The summed E-state index contributed by atoms with van der Waals surface area (Å²) in [6, 6.07) is 8.76. The highest BCUT2D eigenvalue weighted by Crippen LogP contribution is 2.60. The third-order valence-electron chi connectivity index (χ3n) is 6.73. The van der Waals surface area contributed by atoms with E-state index in [1.165, 1.54) is 44.7 Å². The smallest absolute Gasteiger partial charge is 0.291 e. The van der Waals surface area contributed by atoms with Crippen LogP contribution in [0.3, 0.4) is 0 Å². The van der Waals surface area contributed by atoms with E-state index in [1.807, 2.05) is 6.07 Å². The van der Waals surface area contributed by atoms with Crippen LogP contribution in [0.2, 0.25) is 0 Å². The number of benzene rings is 1. The van der Waals surface area contributed by atoms with Crippen LogP contribution in [0.5, 0.6) is 5.75 Å². The minimum Gasteiger partial charge on any atom is -0.507 e. The van der Waals surface area contributed by atoms with Crippen molar-refractivity contribution in [1.82, 2.24) is 15.6 Å². The molecule has 4 fully saturated rings. The number of para-hydroxylation sites is 1. The molecule has 4 bridgehead atoms. The quantitative estimate of drug-likeness (QED) is 0.574. The minimum atomic E-state index is -0.339. The highest BCUT2D eigenvalue weighted by molar-refractivity contribution is 5.93. The van der Waals surface area contributed by atoms with Crippen LogP contribution < -0.4 is 5.43 Å². The molecule has 3 N–H and O–H groups in total. The number of aromatic nitrogens is 2. The molecule has 0 aliphatic heterocycles. The number of carbonyl (C=O) groups excluding carboxylic acids is 1. The first-order valence-electron chi connectivity index (χ1n) is 9.79. The van der Waals surface area contributed by atoms with Gasteiger partial charge in [0.15, 0.2) is 5.69 Å². The molecule has 4 saturated carbocycles. The third-order valence-corrected chi connectivity index (χ3v) is 6.73. The first kappa shape index (κ1) is 16.5. The van der Waals surface area contributed by atoms with E-state index in [1.54, 1.807) is 24.3 Å². The Balaban J connectivity index is 1.29. The average molecular weight is 364 g/mol. The molecule has 0 spiro atoms. The molecule has 140 valence electrons. The topological polar surface area (TPSA) is 90.4 Å². The Hall–Kier alpha value is -2.63. The number of nitrogens with one attached hydrogen (secondary N) is 2. The Morgan fingerprint density at radius 1 is 1.19 bits per heavy atom. The number of hydrogen-bond donors (Lipinski definition) is 3. The maximum Gasteiger partial charge on any atom is 0.291 e. The summed E-state index contributed by atoms with van der Waals surface area (Å²) in [5, 5.41) is 21.1. The number of phenolic OH excluding ortho intramolecular Hbond substituents is 1. The van der Waals surface area contributed by atoms with Crippen LogP contribution in [-0.4, -0.2) is 27.4 Å². The molecule has 27 heavy (non-hydrogen) atoms. The van der Waals surface area contributed by atoms with Crippen molar-refractivity contribution in [2.45, 2.75) is 43.9 Å². The standard InChI is InChI=1S/C21H24N4O2/c26-18-4-2-1-3-16(18)12-22-25-20(27)17-8-19(24-23-17)21-9-13-5-14(10-21)7-15(6-13)11-21/h1-4,8,12-15,26H,5-7,9-11H2,(H,23,24)(H,25,27). The molecule has 0 radical (unpaired) electrons. The van der Waals surface area contributed by atoms with Crippen molar-refractivity contribution in [2.24, 2.45) is 22.9 Å². The lowest BCUT2D eigenvalue weighted by molar-refractivity contribution is -0.00721. The van der Waals surface area contributed by atoms with E-state index in [-0.39, 0.29) is 17.1 Å². The molecule has 0 saturated heterocycles. The molecule has 4 aliphatic rings. The van der Waals surface area contributed by atoms with Crippen molar-refractivity contribution in [1.29, 1.82) is 0 Å². The highest BCUT2D eigenvalue weighted by atomic mass is 16.3. The predicted octanol–water partition coefficient (Wildman–Crippen LogP) is 3.35. The molecule has 6 rings (SSSR count). The fraction of sp³-hybridized carbons (Fsp3) is 0.476. The van der Waals surface area contributed by atoms with Crippen LogP contribution in [-0.2, 0) is 5.41 Å². The summed E-state index contributed by atoms with van der Waals surface area (Å²) in [6.07, 6.45) is 9.29. The lowest BCUT2D eigenvalue weighted by Gasteiger charge is -2.56. The van der Waals surface area contributed by atoms with Gasteiger partial charge in [-0.2, -0.15) is 10.2 Å². The van der Waals surface area contributed by atoms with Gasteiger partial charge in [0.05, 0.1) is 6.21 Å². The second-order valence-electron chi connectivity index (χ2n) is 8.62. The average Bonchev–Trinajstić information content (AvgIpc) is 3.13. The van der Waals surface area contributed by atoms with Gasteiger partial charge in [0.25, 0.3) is 5.91 Å². The van der Waals surface area contributed by atoms with Crippen molar-refractivity contribution >= 4 is 12.1 Å². The number of hydrazone groups is 1. The van der Waals surface area contributed by atoms with Crippen LogP contribution >= 0.6 is 0 Å². The van der Waals surface area contributed by atoms with E-state index in [4.69, 9.17) is 0 Å². The van der Waals surface area contributed by atoms with Crippen LogP contribution in [0.25, 0.3) is 0 Å². The van der Waals surface area contributed by atoms with E-state index < -0.39 is 0 Å². The van der Waals surface area contributed by atoms with Gasteiger partial charge in [0.2, 0.25) is 0 Å². The molecule has 1 aromatic carbocycles. The van der Waals surface area contributed by atoms with Gasteiger partial charge in [-0.25, -0.2) is 5.43 Å².